The molecule has 0 radical (unpaired) electrons. The van der Waals surface area contributed by atoms with Crippen molar-refractivity contribution in [1.29, 1.82) is 0 Å². The molecule has 3 fully saturated rings. The molecule has 0 aromatic heterocycles. The van der Waals surface area contributed by atoms with Gasteiger partial charge in [-0.15, -0.1) is 0 Å². The van der Waals surface area contributed by atoms with E-state index in [0.717, 1.165) is 29.8 Å². The zero-order valence-electron chi connectivity index (χ0n) is 11.2. The molecule has 1 unspecified atom stereocenters. The first kappa shape index (κ1) is 12.5. The van der Waals surface area contributed by atoms with Crippen LogP contribution in [0, 0.1) is 11.8 Å². The predicted molar refractivity (Wildman–Crippen MR) is 75.7 cm³/mol. The topological polar surface area (TPSA) is 41.5 Å². The average Bonchev–Trinajstić information content (AvgIpc) is 2.96. The highest BCUT2D eigenvalue weighted by Gasteiger charge is 2.44. The molecule has 1 saturated heterocycles. The normalized spacial score (nSPS) is 44.9. The summed E-state index contributed by atoms with van der Waals surface area (Å²) in [5, 5.41) is 3.87. The first-order valence-electron chi connectivity index (χ1n) is 7.19. The van der Waals surface area contributed by atoms with Gasteiger partial charge in [0.1, 0.15) is 0 Å². The summed E-state index contributed by atoms with van der Waals surface area (Å²) in [6, 6.07) is 0.482. The summed E-state index contributed by atoms with van der Waals surface area (Å²) in [7, 11) is 0. The van der Waals surface area contributed by atoms with Crippen molar-refractivity contribution in [3.63, 3.8) is 0 Å². The molecule has 4 heteroatoms. The van der Waals surface area contributed by atoms with E-state index in [1.807, 2.05) is 6.92 Å². The highest BCUT2D eigenvalue weighted by Crippen LogP contribution is 2.46. The Hall–Kier alpha value is -0.510. The molecule has 3 nitrogen and oxygen atoms in total. The van der Waals surface area contributed by atoms with Gasteiger partial charge in [0, 0.05) is 0 Å². The number of amidine groups is 1. The van der Waals surface area contributed by atoms with E-state index in [1.165, 1.54) is 25.7 Å². The third-order valence-electron chi connectivity index (χ3n) is 4.73. The number of nitrogens with one attached hydrogen (secondary N) is 1. The van der Waals surface area contributed by atoms with Gasteiger partial charge in [0.25, 0.3) is 0 Å². The number of hydrogen-bond acceptors (Lipinski definition) is 3. The molecular formula is C14H22N2OS. The highest BCUT2D eigenvalue weighted by atomic mass is 32.2. The predicted octanol–water partition coefficient (Wildman–Crippen LogP) is 2.95. The lowest BCUT2D eigenvalue weighted by molar-refractivity contribution is -0.121. The first-order valence-corrected chi connectivity index (χ1v) is 8.00. The van der Waals surface area contributed by atoms with Gasteiger partial charge in [0.2, 0.25) is 5.91 Å². The Morgan fingerprint density at radius 2 is 2.28 bits per heavy atom. The fraction of sp³-hybridized carbons (Fsp3) is 0.857. The van der Waals surface area contributed by atoms with Crippen LogP contribution >= 0.6 is 11.8 Å². The summed E-state index contributed by atoms with van der Waals surface area (Å²) in [6.07, 6.45) is 7.33. The van der Waals surface area contributed by atoms with Gasteiger partial charge in [0.05, 0.1) is 10.8 Å². The van der Waals surface area contributed by atoms with E-state index in [0.29, 0.717) is 6.04 Å². The summed E-state index contributed by atoms with van der Waals surface area (Å²) < 4.78 is -0.287. The standard InChI is InChI=1S/C14H22N2OS/c1-3-6-14(2)12(17)16-13(18-14)15-11-8-9-4-5-10(11)7-9/h9-11H,3-8H2,1-2H3,(H,15,16,17)/t9-,10+,11+,14?/m1/s1. The van der Waals surface area contributed by atoms with Crippen molar-refractivity contribution in [2.24, 2.45) is 16.8 Å². The molecule has 4 atom stereocenters. The van der Waals surface area contributed by atoms with Crippen LogP contribution < -0.4 is 5.32 Å². The summed E-state index contributed by atoms with van der Waals surface area (Å²) in [4.78, 5) is 16.9. The number of fused-ring (bicyclic) bond motifs is 2. The smallest absolute Gasteiger partial charge is 0.242 e. The van der Waals surface area contributed by atoms with Crippen molar-refractivity contribution in [3.05, 3.63) is 0 Å². The largest absolute Gasteiger partial charge is 0.304 e. The Labute approximate surface area is 113 Å². The molecule has 1 heterocycles. The zero-order chi connectivity index (χ0) is 12.8. The summed E-state index contributed by atoms with van der Waals surface area (Å²) in [5.74, 6) is 1.85. The lowest BCUT2D eigenvalue weighted by atomic mass is 9.96. The fourth-order valence-corrected chi connectivity index (χ4v) is 4.94. The van der Waals surface area contributed by atoms with Crippen LogP contribution in [0.5, 0.6) is 0 Å². The molecule has 2 bridgehead atoms. The van der Waals surface area contributed by atoms with E-state index in [9.17, 15) is 4.79 Å². The van der Waals surface area contributed by atoms with Crippen LogP contribution in [-0.4, -0.2) is 21.9 Å². The Bertz CT molecular complexity index is 395. The van der Waals surface area contributed by atoms with E-state index in [-0.39, 0.29) is 10.7 Å². The maximum atomic E-state index is 12.0. The van der Waals surface area contributed by atoms with Crippen LogP contribution in [0.4, 0.5) is 0 Å². The number of nitrogens with zero attached hydrogens (tertiary/aromatic N) is 1. The monoisotopic (exact) mass is 266 g/mol. The third kappa shape index (κ3) is 2.09. The van der Waals surface area contributed by atoms with Crippen molar-refractivity contribution >= 4 is 22.8 Å². The van der Waals surface area contributed by atoms with Gasteiger partial charge in [-0.2, -0.15) is 0 Å². The second-order valence-corrected chi connectivity index (χ2v) is 7.71. The Morgan fingerprint density at radius 3 is 2.89 bits per heavy atom. The number of thioether (sulfide) groups is 1. The second-order valence-electron chi connectivity index (χ2n) is 6.21. The molecule has 3 rings (SSSR count). The summed E-state index contributed by atoms with van der Waals surface area (Å²) in [6.45, 7) is 4.17. The molecule has 0 spiro atoms. The first-order chi connectivity index (χ1) is 8.60. The third-order valence-corrected chi connectivity index (χ3v) is 5.97. The van der Waals surface area contributed by atoms with Crippen molar-refractivity contribution in [2.45, 2.75) is 63.2 Å². The number of amides is 1. The van der Waals surface area contributed by atoms with E-state index >= 15 is 0 Å². The van der Waals surface area contributed by atoms with E-state index in [1.54, 1.807) is 11.8 Å². The number of carbonyl (C=O) groups is 1. The van der Waals surface area contributed by atoms with Crippen molar-refractivity contribution < 1.29 is 4.79 Å². The minimum atomic E-state index is -0.287. The second kappa shape index (κ2) is 4.55. The molecule has 100 valence electrons. The van der Waals surface area contributed by atoms with E-state index < -0.39 is 0 Å². The fourth-order valence-electron chi connectivity index (χ4n) is 3.73. The van der Waals surface area contributed by atoms with Gasteiger partial charge in [-0.3, -0.25) is 9.79 Å². The number of aliphatic imine (C=N–C) groups is 1. The molecule has 1 amide bonds. The maximum Gasteiger partial charge on any atom is 0.242 e. The molecule has 1 aliphatic heterocycles. The van der Waals surface area contributed by atoms with Gasteiger partial charge in [-0.1, -0.05) is 31.5 Å². The molecular weight excluding hydrogens is 244 g/mol. The Kier molecular flexibility index (Phi) is 3.16. The number of rotatable bonds is 3. The van der Waals surface area contributed by atoms with Gasteiger partial charge in [0.15, 0.2) is 5.17 Å². The summed E-state index contributed by atoms with van der Waals surface area (Å²) >= 11 is 1.65. The SMILES string of the molecule is CCCC1(C)SC(=N[C@H]2C[C@@H]3CC[C@H]2C3)NC1=O. The summed E-state index contributed by atoms with van der Waals surface area (Å²) in [5.41, 5.74) is 0. The molecule has 2 saturated carbocycles. The lowest BCUT2D eigenvalue weighted by Crippen LogP contribution is -2.33. The Balaban J connectivity index is 1.69. The van der Waals surface area contributed by atoms with Crippen LogP contribution in [0.3, 0.4) is 0 Å². The van der Waals surface area contributed by atoms with Crippen LogP contribution in [0.2, 0.25) is 0 Å². The minimum absolute atomic E-state index is 0.149. The molecule has 1 N–H and O–H groups in total. The van der Waals surface area contributed by atoms with Crippen LogP contribution in [-0.2, 0) is 4.79 Å². The van der Waals surface area contributed by atoms with Crippen LogP contribution in [0.25, 0.3) is 0 Å². The van der Waals surface area contributed by atoms with E-state index in [2.05, 4.69) is 12.2 Å². The molecule has 0 aromatic rings. The van der Waals surface area contributed by atoms with Gasteiger partial charge < -0.3 is 5.32 Å². The molecule has 0 aromatic carbocycles. The van der Waals surface area contributed by atoms with Gasteiger partial charge >= 0.3 is 0 Å². The van der Waals surface area contributed by atoms with Crippen LogP contribution in [0.15, 0.2) is 4.99 Å². The maximum absolute atomic E-state index is 12.0. The number of carbonyl (C=O) groups excluding carboxylic acids is 1. The zero-order valence-corrected chi connectivity index (χ0v) is 12.1. The van der Waals surface area contributed by atoms with Crippen LogP contribution in [0.1, 0.15) is 52.4 Å². The highest BCUT2D eigenvalue weighted by molar-refractivity contribution is 8.16. The molecule has 2 aliphatic carbocycles. The molecule has 18 heavy (non-hydrogen) atoms. The van der Waals surface area contributed by atoms with Gasteiger partial charge in [-0.25, -0.2) is 0 Å². The Morgan fingerprint density at radius 1 is 1.44 bits per heavy atom. The average molecular weight is 266 g/mol. The molecule has 3 aliphatic rings. The van der Waals surface area contributed by atoms with Crippen molar-refractivity contribution in [3.8, 4) is 0 Å². The van der Waals surface area contributed by atoms with Crippen molar-refractivity contribution in [1.82, 2.24) is 5.32 Å². The number of hydrogen-bond donors (Lipinski definition) is 1. The lowest BCUT2D eigenvalue weighted by Gasteiger charge is -2.18. The van der Waals surface area contributed by atoms with Gasteiger partial charge in [-0.05, 0) is 44.4 Å². The minimum Gasteiger partial charge on any atom is -0.304 e. The van der Waals surface area contributed by atoms with Crippen molar-refractivity contribution in [2.75, 3.05) is 0 Å². The quantitative estimate of drug-likeness (QED) is 0.853. The van der Waals surface area contributed by atoms with E-state index in [4.69, 9.17) is 4.99 Å².